The minimum absolute atomic E-state index is 0.554. The molecule has 0 aliphatic rings. The molecule has 104 valence electrons. The van der Waals surface area contributed by atoms with Gasteiger partial charge in [-0.3, -0.25) is 0 Å². The molecule has 0 aliphatic carbocycles. The molecule has 0 saturated heterocycles. The zero-order chi connectivity index (χ0) is 14.3. The van der Waals surface area contributed by atoms with Crippen LogP contribution in [-0.4, -0.2) is 25.5 Å². The highest BCUT2D eigenvalue weighted by Gasteiger charge is 2.30. The van der Waals surface area contributed by atoms with E-state index in [1.807, 2.05) is 32.8 Å². The number of alkyl halides is 3. The van der Waals surface area contributed by atoms with E-state index < -0.39 is 11.7 Å². The van der Waals surface area contributed by atoms with Crippen molar-refractivity contribution in [3.63, 3.8) is 0 Å². The number of likely N-dealkylation sites (N-methyl/N-ethyl adjacent to an activating group) is 1. The molecule has 1 nitrogen and oxygen atoms in total. The molecule has 1 aromatic rings. The van der Waals surface area contributed by atoms with Gasteiger partial charge < -0.3 is 4.90 Å². The Bertz CT molecular complexity index is 357. The van der Waals surface area contributed by atoms with E-state index in [0.29, 0.717) is 12.0 Å². The van der Waals surface area contributed by atoms with Gasteiger partial charge in [-0.05, 0) is 45.1 Å². The first-order valence-corrected chi connectivity index (χ1v) is 6.11. The Hall–Kier alpha value is -1.03. The van der Waals surface area contributed by atoms with Gasteiger partial charge in [-0.1, -0.05) is 25.5 Å². The Morgan fingerprint density at radius 3 is 2.06 bits per heavy atom. The average Bonchev–Trinajstić information content (AvgIpc) is 2.27. The average molecular weight is 261 g/mol. The van der Waals surface area contributed by atoms with Crippen LogP contribution >= 0.6 is 0 Å². The molecule has 0 heterocycles. The summed E-state index contributed by atoms with van der Waals surface area (Å²) in [6.45, 7) is 6.44. The van der Waals surface area contributed by atoms with Crippen LogP contribution in [-0.2, 0) is 12.6 Å². The zero-order valence-corrected chi connectivity index (χ0v) is 11.7. The van der Waals surface area contributed by atoms with Gasteiger partial charge in [-0.25, -0.2) is 0 Å². The predicted octanol–water partition coefficient (Wildman–Crippen LogP) is 4.14. The number of benzene rings is 1. The van der Waals surface area contributed by atoms with Crippen LogP contribution in [0.5, 0.6) is 0 Å². The van der Waals surface area contributed by atoms with E-state index in [9.17, 15) is 13.2 Å². The molecule has 0 N–H and O–H groups in total. The van der Waals surface area contributed by atoms with Gasteiger partial charge in [0, 0.05) is 6.54 Å². The SMILES string of the molecule is CC.Cc1cc(CCN(C)C)cc(C(F)(F)F)c1. The normalized spacial score (nSPS) is 11.2. The van der Waals surface area contributed by atoms with Gasteiger partial charge >= 0.3 is 6.18 Å². The maximum Gasteiger partial charge on any atom is 0.416 e. The Kier molecular flexibility index (Phi) is 6.99. The zero-order valence-electron chi connectivity index (χ0n) is 11.7. The lowest BCUT2D eigenvalue weighted by molar-refractivity contribution is -0.137. The minimum Gasteiger partial charge on any atom is -0.309 e. The number of halogens is 3. The second-order valence-electron chi connectivity index (χ2n) is 4.26. The maximum atomic E-state index is 12.5. The fourth-order valence-corrected chi connectivity index (χ4v) is 1.52. The second-order valence-corrected chi connectivity index (χ2v) is 4.26. The van der Waals surface area contributed by atoms with Crippen molar-refractivity contribution in [2.24, 2.45) is 0 Å². The quantitative estimate of drug-likeness (QED) is 0.790. The van der Waals surface area contributed by atoms with Crippen molar-refractivity contribution in [3.05, 3.63) is 34.9 Å². The lowest BCUT2D eigenvalue weighted by atomic mass is 10.0. The first kappa shape index (κ1) is 17.0. The van der Waals surface area contributed by atoms with Crippen molar-refractivity contribution in [2.45, 2.75) is 33.4 Å². The third-order valence-corrected chi connectivity index (χ3v) is 2.31. The summed E-state index contributed by atoms with van der Waals surface area (Å²) >= 11 is 0. The molecule has 0 spiro atoms. The maximum absolute atomic E-state index is 12.5. The van der Waals surface area contributed by atoms with E-state index in [1.54, 1.807) is 13.0 Å². The Morgan fingerprint density at radius 2 is 1.61 bits per heavy atom. The van der Waals surface area contributed by atoms with Crippen molar-refractivity contribution in [3.8, 4) is 0 Å². The van der Waals surface area contributed by atoms with Crippen LogP contribution in [0.4, 0.5) is 13.2 Å². The van der Waals surface area contributed by atoms with Crippen molar-refractivity contribution in [2.75, 3.05) is 20.6 Å². The Morgan fingerprint density at radius 1 is 1.06 bits per heavy atom. The van der Waals surface area contributed by atoms with Gasteiger partial charge in [0.15, 0.2) is 0 Å². The Labute approximate surface area is 108 Å². The molecule has 0 aliphatic heterocycles. The smallest absolute Gasteiger partial charge is 0.309 e. The number of hydrogen-bond donors (Lipinski definition) is 0. The summed E-state index contributed by atoms with van der Waals surface area (Å²) in [5, 5.41) is 0. The highest BCUT2D eigenvalue weighted by Crippen LogP contribution is 2.30. The van der Waals surface area contributed by atoms with E-state index in [0.717, 1.165) is 12.1 Å². The molecule has 1 aromatic carbocycles. The summed E-state index contributed by atoms with van der Waals surface area (Å²) < 4.78 is 37.6. The van der Waals surface area contributed by atoms with Crippen molar-refractivity contribution < 1.29 is 13.2 Å². The molecule has 0 amide bonds. The highest BCUT2D eigenvalue weighted by molar-refractivity contribution is 5.31. The first-order valence-electron chi connectivity index (χ1n) is 6.11. The summed E-state index contributed by atoms with van der Waals surface area (Å²) in [4.78, 5) is 1.95. The Balaban J connectivity index is 0.00000137. The van der Waals surface area contributed by atoms with E-state index >= 15 is 0 Å². The molecule has 0 saturated carbocycles. The van der Waals surface area contributed by atoms with Gasteiger partial charge in [0.2, 0.25) is 0 Å². The molecule has 0 fully saturated rings. The predicted molar refractivity (Wildman–Crippen MR) is 69.8 cm³/mol. The van der Waals surface area contributed by atoms with Gasteiger partial charge in [0.1, 0.15) is 0 Å². The van der Waals surface area contributed by atoms with Crippen LogP contribution in [0.3, 0.4) is 0 Å². The molecule has 18 heavy (non-hydrogen) atoms. The lowest BCUT2D eigenvalue weighted by Crippen LogP contribution is -2.15. The molecule has 0 atom stereocenters. The summed E-state index contributed by atoms with van der Waals surface area (Å²) in [5.41, 5.74) is 0.839. The largest absolute Gasteiger partial charge is 0.416 e. The van der Waals surface area contributed by atoms with Crippen LogP contribution in [0.1, 0.15) is 30.5 Å². The van der Waals surface area contributed by atoms with Crippen molar-refractivity contribution in [1.82, 2.24) is 4.90 Å². The van der Waals surface area contributed by atoms with Gasteiger partial charge in [-0.15, -0.1) is 0 Å². The summed E-state index contributed by atoms with van der Waals surface area (Å²) in [7, 11) is 3.81. The van der Waals surface area contributed by atoms with E-state index in [4.69, 9.17) is 0 Å². The molecular weight excluding hydrogens is 239 g/mol. The number of hydrogen-bond acceptors (Lipinski definition) is 1. The second kappa shape index (κ2) is 7.41. The molecule has 4 heteroatoms. The van der Waals surface area contributed by atoms with E-state index in [2.05, 4.69) is 0 Å². The standard InChI is InChI=1S/C12H16F3N.C2H6/c1-9-6-10(4-5-16(2)3)8-11(7-9)12(13,14)15;1-2/h6-8H,4-5H2,1-3H3;1-2H3. The van der Waals surface area contributed by atoms with Crippen molar-refractivity contribution in [1.29, 1.82) is 0 Å². The topological polar surface area (TPSA) is 3.24 Å². The number of nitrogens with zero attached hydrogens (tertiary/aromatic N) is 1. The van der Waals surface area contributed by atoms with Crippen LogP contribution in [0.25, 0.3) is 0 Å². The molecule has 0 unspecified atom stereocenters. The monoisotopic (exact) mass is 261 g/mol. The van der Waals surface area contributed by atoms with E-state index in [-0.39, 0.29) is 0 Å². The molecule has 0 bridgehead atoms. The third kappa shape index (κ3) is 6.05. The third-order valence-electron chi connectivity index (χ3n) is 2.31. The van der Waals surface area contributed by atoms with Gasteiger partial charge in [-0.2, -0.15) is 13.2 Å². The molecule has 0 radical (unpaired) electrons. The van der Waals surface area contributed by atoms with Gasteiger partial charge in [0.25, 0.3) is 0 Å². The van der Waals surface area contributed by atoms with Crippen LogP contribution in [0, 0.1) is 6.92 Å². The number of rotatable bonds is 3. The van der Waals surface area contributed by atoms with Crippen LogP contribution in [0.2, 0.25) is 0 Å². The lowest BCUT2D eigenvalue weighted by Gasteiger charge is -2.13. The molecule has 1 rings (SSSR count). The van der Waals surface area contributed by atoms with Crippen LogP contribution < -0.4 is 0 Å². The molecular formula is C14H22F3N. The van der Waals surface area contributed by atoms with Crippen molar-refractivity contribution >= 4 is 0 Å². The van der Waals surface area contributed by atoms with Gasteiger partial charge in [0.05, 0.1) is 5.56 Å². The summed E-state index contributed by atoms with van der Waals surface area (Å²) in [6, 6.07) is 4.22. The number of aryl methyl sites for hydroxylation is 1. The fourth-order valence-electron chi connectivity index (χ4n) is 1.52. The molecule has 0 aromatic heterocycles. The van der Waals surface area contributed by atoms with Crippen LogP contribution in [0.15, 0.2) is 18.2 Å². The highest BCUT2D eigenvalue weighted by atomic mass is 19.4. The van der Waals surface area contributed by atoms with E-state index in [1.165, 1.54) is 12.1 Å². The fraction of sp³-hybridized carbons (Fsp3) is 0.571. The summed E-state index contributed by atoms with van der Waals surface area (Å²) in [5.74, 6) is 0. The minimum atomic E-state index is -4.25. The first-order chi connectivity index (χ1) is 8.29. The summed E-state index contributed by atoms with van der Waals surface area (Å²) in [6.07, 6.45) is -3.61.